The minimum Gasteiger partial charge on any atom is -0.287 e. The molecule has 1 heterocycles. The summed E-state index contributed by atoms with van der Waals surface area (Å²) in [5, 5.41) is 8.54. The molecular formula is C23H19N3O. The molecule has 0 amide bonds. The standard InChI is InChI=1S/C23H19N3O/c27-23(20-14-8-3-9-15-20)21-22(19-12-6-2-7-13-19)26(25-24-21)17-16-18-10-4-1-5-11-18/h1-15H,16-17H2. The number of aromatic nitrogens is 3. The summed E-state index contributed by atoms with van der Waals surface area (Å²) in [5.41, 5.74) is 3.93. The highest BCUT2D eigenvalue weighted by Crippen LogP contribution is 2.24. The Morgan fingerprint density at radius 1 is 0.778 bits per heavy atom. The normalized spacial score (nSPS) is 10.7. The molecular weight excluding hydrogens is 334 g/mol. The molecule has 0 fully saturated rings. The first-order chi connectivity index (χ1) is 13.3. The molecule has 0 spiro atoms. The van der Waals surface area contributed by atoms with Crippen molar-refractivity contribution < 1.29 is 4.79 Å². The molecule has 4 nitrogen and oxygen atoms in total. The summed E-state index contributed by atoms with van der Waals surface area (Å²) in [7, 11) is 0. The first kappa shape index (κ1) is 16.9. The maximum Gasteiger partial charge on any atom is 0.215 e. The van der Waals surface area contributed by atoms with Crippen LogP contribution in [0.4, 0.5) is 0 Å². The smallest absolute Gasteiger partial charge is 0.215 e. The molecule has 0 unspecified atom stereocenters. The second kappa shape index (κ2) is 7.79. The van der Waals surface area contributed by atoms with Gasteiger partial charge in [0, 0.05) is 17.7 Å². The Bertz CT molecular complexity index is 1030. The molecule has 27 heavy (non-hydrogen) atoms. The van der Waals surface area contributed by atoms with E-state index in [1.54, 1.807) is 12.1 Å². The van der Waals surface area contributed by atoms with Gasteiger partial charge in [-0.25, -0.2) is 4.68 Å². The molecule has 3 aromatic carbocycles. The summed E-state index contributed by atoms with van der Waals surface area (Å²) in [5.74, 6) is -0.111. The van der Waals surface area contributed by atoms with E-state index < -0.39 is 0 Å². The summed E-state index contributed by atoms with van der Waals surface area (Å²) < 4.78 is 1.83. The topological polar surface area (TPSA) is 47.8 Å². The Labute approximate surface area is 158 Å². The summed E-state index contributed by atoms with van der Waals surface area (Å²) in [6.07, 6.45) is 0.822. The van der Waals surface area contributed by atoms with Crippen LogP contribution in [0, 0.1) is 0 Å². The molecule has 0 N–H and O–H groups in total. The van der Waals surface area contributed by atoms with Crippen LogP contribution in [-0.2, 0) is 13.0 Å². The Balaban J connectivity index is 1.72. The van der Waals surface area contributed by atoms with E-state index in [-0.39, 0.29) is 5.78 Å². The van der Waals surface area contributed by atoms with E-state index in [4.69, 9.17) is 0 Å². The van der Waals surface area contributed by atoms with Crippen LogP contribution < -0.4 is 0 Å². The third kappa shape index (κ3) is 3.70. The fourth-order valence-electron chi connectivity index (χ4n) is 3.11. The molecule has 0 saturated heterocycles. The van der Waals surface area contributed by atoms with E-state index in [9.17, 15) is 4.79 Å². The number of carbonyl (C=O) groups is 1. The maximum atomic E-state index is 13.0. The van der Waals surface area contributed by atoms with Crippen LogP contribution in [0.15, 0.2) is 91.0 Å². The van der Waals surface area contributed by atoms with Crippen molar-refractivity contribution in [2.75, 3.05) is 0 Å². The van der Waals surface area contributed by atoms with Crippen molar-refractivity contribution in [1.29, 1.82) is 0 Å². The van der Waals surface area contributed by atoms with E-state index in [1.165, 1.54) is 5.56 Å². The van der Waals surface area contributed by atoms with Gasteiger partial charge >= 0.3 is 0 Å². The van der Waals surface area contributed by atoms with Crippen molar-refractivity contribution in [1.82, 2.24) is 15.0 Å². The van der Waals surface area contributed by atoms with Gasteiger partial charge in [-0.2, -0.15) is 0 Å². The van der Waals surface area contributed by atoms with Gasteiger partial charge in [0.15, 0.2) is 5.69 Å². The van der Waals surface area contributed by atoms with Crippen molar-refractivity contribution in [2.45, 2.75) is 13.0 Å². The number of aryl methyl sites for hydroxylation is 2. The Morgan fingerprint density at radius 3 is 2.04 bits per heavy atom. The van der Waals surface area contributed by atoms with Gasteiger partial charge in [-0.05, 0) is 12.0 Å². The minimum atomic E-state index is -0.111. The van der Waals surface area contributed by atoms with Gasteiger partial charge in [-0.3, -0.25) is 4.79 Å². The highest BCUT2D eigenvalue weighted by molar-refractivity contribution is 6.10. The van der Waals surface area contributed by atoms with E-state index in [1.807, 2.05) is 71.4 Å². The molecule has 4 aromatic rings. The molecule has 0 aliphatic heterocycles. The fraction of sp³-hybridized carbons (Fsp3) is 0.0870. The second-order valence-electron chi connectivity index (χ2n) is 6.31. The summed E-state index contributed by atoms with van der Waals surface area (Å²) >= 11 is 0. The number of nitrogens with zero attached hydrogens (tertiary/aromatic N) is 3. The first-order valence-electron chi connectivity index (χ1n) is 8.95. The zero-order valence-electron chi connectivity index (χ0n) is 14.8. The molecule has 0 saturated carbocycles. The van der Waals surface area contributed by atoms with E-state index in [0.29, 0.717) is 17.8 Å². The Kier molecular flexibility index (Phi) is 4.88. The third-order valence-electron chi connectivity index (χ3n) is 4.49. The Hall–Kier alpha value is -3.53. The minimum absolute atomic E-state index is 0.111. The number of hydrogen-bond acceptors (Lipinski definition) is 3. The maximum absolute atomic E-state index is 13.0. The molecule has 132 valence electrons. The number of hydrogen-bond donors (Lipinski definition) is 0. The predicted molar refractivity (Wildman–Crippen MR) is 105 cm³/mol. The van der Waals surface area contributed by atoms with Crippen LogP contribution in [0.5, 0.6) is 0 Å². The number of carbonyl (C=O) groups excluding carboxylic acids is 1. The quantitative estimate of drug-likeness (QED) is 0.482. The SMILES string of the molecule is O=C(c1ccccc1)c1nnn(CCc2ccccc2)c1-c1ccccc1. The lowest BCUT2D eigenvalue weighted by atomic mass is 10.0. The van der Waals surface area contributed by atoms with E-state index in [2.05, 4.69) is 22.4 Å². The molecule has 1 aromatic heterocycles. The van der Waals surface area contributed by atoms with Gasteiger partial charge in [0.25, 0.3) is 0 Å². The van der Waals surface area contributed by atoms with Crippen LogP contribution >= 0.6 is 0 Å². The van der Waals surface area contributed by atoms with Crippen LogP contribution in [0.25, 0.3) is 11.3 Å². The molecule has 4 heteroatoms. The highest BCUT2D eigenvalue weighted by Gasteiger charge is 2.22. The number of ketones is 1. The van der Waals surface area contributed by atoms with E-state index >= 15 is 0 Å². The molecule has 0 aliphatic carbocycles. The van der Waals surface area contributed by atoms with Gasteiger partial charge < -0.3 is 0 Å². The lowest BCUT2D eigenvalue weighted by Crippen LogP contribution is -2.08. The van der Waals surface area contributed by atoms with Crippen molar-refractivity contribution in [3.63, 3.8) is 0 Å². The van der Waals surface area contributed by atoms with Crippen LogP contribution in [-0.4, -0.2) is 20.8 Å². The highest BCUT2D eigenvalue weighted by atomic mass is 16.1. The molecule has 0 radical (unpaired) electrons. The molecule has 4 rings (SSSR count). The van der Waals surface area contributed by atoms with Crippen LogP contribution in [0.2, 0.25) is 0 Å². The predicted octanol–water partition coefficient (Wildman–Crippen LogP) is 4.42. The number of benzene rings is 3. The van der Waals surface area contributed by atoms with Crippen LogP contribution in [0.1, 0.15) is 21.6 Å². The van der Waals surface area contributed by atoms with Gasteiger partial charge in [0.05, 0.1) is 5.69 Å². The second-order valence-corrected chi connectivity index (χ2v) is 6.31. The van der Waals surface area contributed by atoms with Gasteiger partial charge in [0.2, 0.25) is 5.78 Å². The molecule has 0 atom stereocenters. The molecule has 0 aliphatic rings. The molecule has 0 bridgehead atoms. The van der Waals surface area contributed by atoms with Crippen molar-refractivity contribution in [3.8, 4) is 11.3 Å². The lowest BCUT2D eigenvalue weighted by Gasteiger charge is -2.08. The average Bonchev–Trinajstić information content (AvgIpc) is 3.17. The van der Waals surface area contributed by atoms with Gasteiger partial charge in [0.1, 0.15) is 0 Å². The van der Waals surface area contributed by atoms with Crippen molar-refractivity contribution in [3.05, 3.63) is 108 Å². The van der Waals surface area contributed by atoms with Gasteiger partial charge in [-0.1, -0.05) is 96.2 Å². The monoisotopic (exact) mass is 353 g/mol. The number of rotatable bonds is 6. The Morgan fingerprint density at radius 2 is 1.37 bits per heavy atom. The summed E-state index contributed by atoms with van der Waals surface area (Å²) in [6.45, 7) is 0.656. The zero-order valence-corrected chi connectivity index (χ0v) is 14.8. The van der Waals surface area contributed by atoms with Crippen molar-refractivity contribution in [2.24, 2.45) is 0 Å². The first-order valence-corrected chi connectivity index (χ1v) is 8.95. The lowest BCUT2D eigenvalue weighted by molar-refractivity contribution is 0.103. The average molecular weight is 353 g/mol. The third-order valence-corrected chi connectivity index (χ3v) is 4.49. The fourth-order valence-corrected chi connectivity index (χ4v) is 3.11. The van der Waals surface area contributed by atoms with Crippen molar-refractivity contribution >= 4 is 5.78 Å². The van der Waals surface area contributed by atoms with E-state index in [0.717, 1.165) is 17.7 Å². The summed E-state index contributed by atoms with van der Waals surface area (Å²) in [6, 6.07) is 29.3. The zero-order chi connectivity index (χ0) is 18.5. The largest absolute Gasteiger partial charge is 0.287 e. The van der Waals surface area contributed by atoms with Gasteiger partial charge in [-0.15, -0.1) is 5.10 Å². The van der Waals surface area contributed by atoms with Crippen LogP contribution in [0.3, 0.4) is 0 Å². The summed E-state index contributed by atoms with van der Waals surface area (Å²) in [4.78, 5) is 13.0.